The largest absolute Gasteiger partial charge is 0.468 e. The van der Waals surface area contributed by atoms with Crippen LogP contribution in [0.2, 0.25) is 0 Å². The van der Waals surface area contributed by atoms with Gasteiger partial charge >= 0.3 is 5.97 Å². The Balaban J connectivity index is 2.31. The van der Waals surface area contributed by atoms with Crippen LogP contribution in [0.4, 0.5) is 0 Å². The third-order valence-corrected chi connectivity index (χ3v) is 2.66. The SMILES string of the molecule is CCCC(=O)NC1CC(N)(C(=O)OC)C1. The van der Waals surface area contributed by atoms with Gasteiger partial charge in [0.15, 0.2) is 0 Å². The first-order chi connectivity index (χ1) is 7.01. The van der Waals surface area contributed by atoms with E-state index in [0.29, 0.717) is 19.3 Å². The standard InChI is InChI=1S/C10H18N2O3/c1-3-4-8(13)12-7-5-10(11,6-7)9(14)15-2/h7H,3-6,11H2,1-2H3,(H,12,13). The van der Waals surface area contributed by atoms with Gasteiger partial charge < -0.3 is 15.8 Å². The van der Waals surface area contributed by atoms with Crippen molar-refractivity contribution in [2.45, 2.75) is 44.2 Å². The van der Waals surface area contributed by atoms with Crippen molar-refractivity contribution in [1.82, 2.24) is 5.32 Å². The van der Waals surface area contributed by atoms with Gasteiger partial charge in [-0.25, -0.2) is 0 Å². The number of carbonyl (C=O) groups is 2. The molecule has 0 unspecified atom stereocenters. The van der Waals surface area contributed by atoms with Crippen LogP contribution >= 0.6 is 0 Å². The lowest BCUT2D eigenvalue weighted by Gasteiger charge is -2.42. The lowest BCUT2D eigenvalue weighted by atomic mass is 9.73. The monoisotopic (exact) mass is 214 g/mol. The number of esters is 1. The van der Waals surface area contributed by atoms with Gasteiger partial charge in [-0.1, -0.05) is 6.92 Å². The first kappa shape index (κ1) is 12.0. The number of amides is 1. The average molecular weight is 214 g/mol. The zero-order valence-electron chi connectivity index (χ0n) is 9.21. The van der Waals surface area contributed by atoms with Gasteiger partial charge in [-0.15, -0.1) is 0 Å². The number of nitrogens with one attached hydrogen (secondary N) is 1. The lowest BCUT2D eigenvalue weighted by Crippen LogP contribution is -2.64. The summed E-state index contributed by atoms with van der Waals surface area (Å²) in [5, 5.41) is 2.82. The summed E-state index contributed by atoms with van der Waals surface area (Å²) in [6.07, 6.45) is 2.28. The fraction of sp³-hybridized carbons (Fsp3) is 0.800. The molecule has 1 fully saturated rings. The molecule has 1 aliphatic carbocycles. The number of hydrogen-bond donors (Lipinski definition) is 2. The van der Waals surface area contributed by atoms with E-state index in [2.05, 4.69) is 10.1 Å². The fourth-order valence-electron chi connectivity index (χ4n) is 1.82. The number of nitrogens with two attached hydrogens (primary N) is 1. The number of hydrogen-bond acceptors (Lipinski definition) is 4. The molecule has 0 spiro atoms. The molecular weight excluding hydrogens is 196 g/mol. The van der Waals surface area contributed by atoms with Crippen LogP contribution in [0.25, 0.3) is 0 Å². The Morgan fingerprint density at radius 2 is 2.13 bits per heavy atom. The van der Waals surface area contributed by atoms with E-state index in [-0.39, 0.29) is 11.9 Å². The molecule has 0 saturated heterocycles. The number of carbonyl (C=O) groups excluding carboxylic acids is 2. The second kappa shape index (κ2) is 4.61. The normalized spacial score (nSPS) is 29.1. The molecular formula is C10H18N2O3. The third-order valence-electron chi connectivity index (χ3n) is 2.66. The summed E-state index contributed by atoms with van der Waals surface area (Å²) in [4.78, 5) is 22.4. The molecule has 3 N–H and O–H groups in total. The molecule has 0 aromatic carbocycles. The van der Waals surface area contributed by atoms with Crippen molar-refractivity contribution in [3.05, 3.63) is 0 Å². The molecule has 5 nitrogen and oxygen atoms in total. The molecule has 0 aliphatic heterocycles. The Kier molecular flexibility index (Phi) is 3.68. The summed E-state index contributed by atoms with van der Waals surface area (Å²) in [6.45, 7) is 1.95. The molecule has 86 valence electrons. The Hall–Kier alpha value is -1.10. The van der Waals surface area contributed by atoms with E-state index in [1.54, 1.807) is 0 Å². The molecule has 0 heterocycles. The Bertz CT molecular complexity index is 259. The quantitative estimate of drug-likeness (QED) is 0.642. The molecule has 0 aromatic rings. The molecule has 0 radical (unpaired) electrons. The summed E-state index contributed by atoms with van der Waals surface area (Å²) in [7, 11) is 1.32. The molecule has 0 atom stereocenters. The van der Waals surface area contributed by atoms with Crippen LogP contribution in [0.5, 0.6) is 0 Å². The van der Waals surface area contributed by atoms with Gasteiger partial charge in [0.05, 0.1) is 7.11 Å². The minimum atomic E-state index is -0.890. The van der Waals surface area contributed by atoms with Crippen molar-refractivity contribution in [2.75, 3.05) is 7.11 Å². The number of rotatable bonds is 4. The first-order valence-corrected chi connectivity index (χ1v) is 5.18. The van der Waals surface area contributed by atoms with Gasteiger partial charge in [-0.2, -0.15) is 0 Å². The maximum Gasteiger partial charge on any atom is 0.325 e. The van der Waals surface area contributed by atoms with Gasteiger partial charge in [-0.3, -0.25) is 9.59 Å². The van der Waals surface area contributed by atoms with E-state index >= 15 is 0 Å². The highest BCUT2D eigenvalue weighted by Crippen LogP contribution is 2.30. The van der Waals surface area contributed by atoms with Gasteiger partial charge in [0.25, 0.3) is 0 Å². The number of methoxy groups -OCH3 is 1. The summed E-state index contributed by atoms with van der Waals surface area (Å²) < 4.78 is 4.58. The van der Waals surface area contributed by atoms with E-state index in [0.717, 1.165) is 6.42 Å². The predicted molar refractivity (Wildman–Crippen MR) is 55.0 cm³/mol. The summed E-state index contributed by atoms with van der Waals surface area (Å²) in [5.74, 6) is -0.377. The molecule has 0 aromatic heterocycles. The van der Waals surface area contributed by atoms with Crippen molar-refractivity contribution in [3.8, 4) is 0 Å². The molecule has 15 heavy (non-hydrogen) atoms. The third kappa shape index (κ3) is 2.68. The molecule has 0 bridgehead atoms. The zero-order valence-corrected chi connectivity index (χ0v) is 9.21. The fourth-order valence-corrected chi connectivity index (χ4v) is 1.82. The first-order valence-electron chi connectivity index (χ1n) is 5.18. The minimum Gasteiger partial charge on any atom is -0.468 e. The van der Waals surface area contributed by atoms with Crippen LogP contribution < -0.4 is 11.1 Å². The van der Waals surface area contributed by atoms with Crippen molar-refractivity contribution in [2.24, 2.45) is 5.73 Å². The van der Waals surface area contributed by atoms with Crippen molar-refractivity contribution in [1.29, 1.82) is 0 Å². The Morgan fingerprint density at radius 1 is 1.53 bits per heavy atom. The summed E-state index contributed by atoms with van der Waals surface area (Å²) >= 11 is 0. The maximum atomic E-state index is 11.2. The van der Waals surface area contributed by atoms with Crippen molar-refractivity contribution in [3.63, 3.8) is 0 Å². The Labute approximate surface area is 89.3 Å². The number of ether oxygens (including phenoxy) is 1. The summed E-state index contributed by atoms with van der Waals surface area (Å²) in [5.41, 5.74) is 4.88. The molecule has 1 saturated carbocycles. The minimum absolute atomic E-state index is 0.0214. The molecule has 5 heteroatoms. The van der Waals surface area contributed by atoms with Gasteiger partial charge in [-0.05, 0) is 19.3 Å². The maximum absolute atomic E-state index is 11.2. The van der Waals surface area contributed by atoms with E-state index in [9.17, 15) is 9.59 Å². The topological polar surface area (TPSA) is 81.4 Å². The van der Waals surface area contributed by atoms with Crippen LogP contribution in [0.3, 0.4) is 0 Å². The van der Waals surface area contributed by atoms with Crippen LogP contribution in [0.15, 0.2) is 0 Å². The van der Waals surface area contributed by atoms with Crippen molar-refractivity contribution < 1.29 is 14.3 Å². The zero-order chi connectivity index (χ0) is 11.5. The van der Waals surface area contributed by atoms with E-state index in [1.807, 2.05) is 6.92 Å². The van der Waals surface area contributed by atoms with Gasteiger partial charge in [0.1, 0.15) is 5.54 Å². The average Bonchev–Trinajstić information content (AvgIpc) is 2.14. The van der Waals surface area contributed by atoms with Crippen LogP contribution in [0, 0.1) is 0 Å². The van der Waals surface area contributed by atoms with Crippen LogP contribution in [0.1, 0.15) is 32.6 Å². The predicted octanol–water partition coefficient (Wildman–Crippen LogP) is -0.0644. The smallest absolute Gasteiger partial charge is 0.325 e. The van der Waals surface area contributed by atoms with E-state index < -0.39 is 11.5 Å². The highest BCUT2D eigenvalue weighted by molar-refractivity contribution is 5.83. The lowest BCUT2D eigenvalue weighted by molar-refractivity contribution is -0.152. The Morgan fingerprint density at radius 3 is 2.60 bits per heavy atom. The van der Waals surface area contributed by atoms with E-state index in [4.69, 9.17) is 5.73 Å². The van der Waals surface area contributed by atoms with Gasteiger partial charge in [0, 0.05) is 12.5 Å². The van der Waals surface area contributed by atoms with E-state index in [1.165, 1.54) is 7.11 Å². The molecule has 1 rings (SSSR count). The summed E-state index contributed by atoms with van der Waals surface area (Å²) in [6, 6.07) is 0.0214. The van der Waals surface area contributed by atoms with Crippen molar-refractivity contribution >= 4 is 11.9 Å². The molecule has 1 aliphatic rings. The van der Waals surface area contributed by atoms with Crippen LogP contribution in [-0.4, -0.2) is 30.6 Å². The van der Waals surface area contributed by atoms with Gasteiger partial charge in [0.2, 0.25) is 5.91 Å². The highest BCUT2D eigenvalue weighted by Gasteiger charge is 2.48. The second-order valence-corrected chi connectivity index (χ2v) is 4.07. The second-order valence-electron chi connectivity index (χ2n) is 4.07. The highest BCUT2D eigenvalue weighted by atomic mass is 16.5. The van der Waals surface area contributed by atoms with Crippen LogP contribution in [-0.2, 0) is 14.3 Å². The molecule has 1 amide bonds.